The fraction of sp³-hybridized carbons (Fsp3) is 0.820. The van der Waals surface area contributed by atoms with Gasteiger partial charge in [-0.15, -0.1) is 0 Å². The van der Waals surface area contributed by atoms with Crippen molar-refractivity contribution in [2.45, 2.75) is 252 Å². The van der Waals surface area contributed by atoms with Crippen LogP contribution in [0.25, 0.3) is 0 Å². The summed E-state index contributed by atoms with van der Waals surface area (Å²) < 4.78 is 16.7. The van der Waals surface area contributed by atoms with Crippen LogP contribution in [0.3, 0.4) is 0 Å². The van der Waals surface area contributed by atoms with Gasteiger partial charge in [-0.05, 0) is 70.6 Å². The zero-order valence-corrected chi connectivity index (χ0v) is 37.2. The van der Waals surface area contributed by atoms with Gasteiger partial charge in [0.05, 0.1) is 0 Å². The molecule has 0 heterocycles. The van der Waals surface area contributed by atoms with Gasteiger partial charge in [-0.25, -0.2) is 0 Å². The number of allylic oxidation sites excluding steroid dienone is 6. The van der Waals surface area contributed by atoms with Gasteiger partial charge in [-0.1, -0.05) is 192 Å². The standard InChI is InChI=1S/C50H90O6/c1-4-7-10-13-16-19-22-24-25-27-28-31-34-37-40-43-49(52)55-46-47(45-54-48(51)42-39-36-33-30-21-18-15-12-9-6-3)56-50(53)44-41-38-35-32-29-26-23-20-17-14-11-8-5-2/h11,14,20,23-25,47H,4-10,12-13,15-19,21-22,26-46H2,1-3H3/b14-11-,23-20-,25-24-. The molecule has 0 rings (SSSR count). The lowest BCUT2D eigenvalue weighted by molar-refractivity contribution is -0.167. The zero-order valence-electron chi connectivity index (χ0n) is 37.2. The molecule has 0 saturated heterocycles. The summed E-state index contributed by atoms with van der Waals surface area (Å²) in [4.78, 5) is 37.8. The maximum absolute atomic E-state index is 12.7. The molecule has 6 heteroatoms. The van der Waals surface area contributed by atoms with E-state index in [-0.39, 0.29) is 31.1 Å². The van der Waals surface area contributed by atoms with Crippen LogP contribution < -0.4 is 0 Å². The Morgan fingerprint density at radius 1 is 0.357 bits per heavy atom. The normalized spacial score (nSPS) is 12.3. The molecule has 0 radical (unpaired) electrons. The quantitative estimate of drug-likeness (QED) is 0.0265. The molecule has 0 saturated carbocycles. The molecule has 0 aliphatic carbocycles. The highest BCUT2D eigenvalue weighted by atomic mass is 16.6. The predicted octanol–water partition coefficient (Wildman–Crippen LogP) is 15.4. The molecule has 0 aromatic heterocycles. The molecule has 0 aliphatic heterocycles. The van der Waals surface area contributed by atoms with Crippen LogP contribution in [0.5, 0.6) is 0 Å². The van der Waals surface area contributed by atoms with Crippen LogP contribution in [0, 0.1) is 0 Å². The van der Waals surface area contributed by atoms with Gasteiger partial charge in [0.1, 0.15) is 13.2 Å². The Hall–Kier alpha value is -2.37. The largest absolute Gasteiger partial charge is 0.462 e. The molecule has 1 unspecified atom stereocenters. The summed E-state index contributed by atoms with van der Waals surface area (Å²) in [6.07, 6.45) is 51.2. The molecule has 56 heavy (non-hydrogen) atoms. The van der Waals surface area contributed by atoms with Crippen LogP contribution in [-0.4, -0.2) is 37.2 Å². The second-order valence-electron chi connectivity index (χ2n) is 16.0. The average molecular weight is 787 g/mol. The van der Waals surface area contributed by atoms with Crippen LogP contribution in [0.15, 0.2) is 36.5 Å². The van der Waals surface area contributed by atoms with Crippen molar-refractivity contribution >= 4 is 17.9 Å². The molecule has 326 valence electrons. The van der Waals surface area contributed by atoms with Gasteiger partial charge in [0, 0.05) is 19.3 Å². The van der Waals surface area contributed by atoms with Crippen molar-refractivity contribution in [2.75, 3.05) is 13.2 Å². The predicted molar refractivity (Wildman–Crippen MR) is 238 cm³/mol. The molecular formula is C50H90O6. The third kappa shape index (κ3) is 42.8. The molecule has 0 amide bonds. The highest BCUT2D eigenvalue weighted by Gasteiger charge is 2.19. The third-order valence-electron chi connectivity index (χ3n) is 10.3. The molecule has 6 nitrogen and oxygen atoms in total. The van der Waals surface area contributed by atoms with E-state index >= 15 is 0 Å². The summed E-state index contributed by atoms with van der Waals surface area (Å²) in [5, 5.41) is 0. The topological polar surface area (TPSA) is 78.9 Å². The Bertz CT molecular complexity index is 953. The lowest BCUT2D eigenvalue weighted by Gasteiger charge is -2.18. The molecule has 0 fully saturated rings. The smallest absolute Gasteiger partial charge is 0.306 e. The lowest BCUT2D eigenvalue weighted by Crippen LogP contribution is -2.30. The molecule has 1 atom stereocenters. The summed E-state index contributed by atoms with van der Waals surface area (Å²) >= 11 is 0. The second-order valence-corrected chi connectivity index (χ2v) is 16.0. The van der Waals surface area contributed by atoms with Crippen LogP contribution in [0.1, 0.15) is 245 Å². The lowest BCUT2D eigenvalue weighted by atomic mass is 10.1. The Morgan fingerprint density at radius 2 is 0.679 bits per heavy atom. The van der Waals surface area contributed by atoms with E-state index < -0.39 is 6.10 Å². The summed E-state index contributed by atoms with van der Waals surface area (Å²) in [7, 11) is 0. The summed E-state index contributed by atoms with van der Waals surface area (Å²) in [6.45, 7) is 6.54. The number of hydrogen-bond acceptors (Lipinski definition) is 6. The summed E-state index contributed by atoms with van der Waals surface area (Å²) in [5.41, 5.74) is 0. The molecule has 0 bridgehead atoms. The number of carbonyl (C=O) groups excluding carboxylic acids is 3. The van der Waals surface area contributed by atoms with Crippen molar-refractivity contribution in [3.63, 3.8) is 0 Å². The Labute approximate surface area is 346 Å². The van der Waals surface area contributed by atoms with E-state index in [4.69, 9.17) is 14.2 Å². The SMILES string of the molecule is CCC/C=C\C/C=C\CCCCCCCC(=O)OC(COC(=O)CCCCCCC/C=C\CCCCCCCC)COC(=O)CCCCCCCCCCCC. The third-order valence-corrected chi connectivity index (χ3v) is 10.3. The van der Waals surface area contributed by atoms with E-state index in [1.165, 1.54) is 109 Å². The van der Waals surface area contributed by atoms with Crippen molar-refractivity contribution in [1.82, 2.24) is 0 Å². The van der Waals surface area contributed by atoms with E-state index in [0.29, 0.717) is 19.3 Å². The van der Waals surface area contributed by atoms with Gasteiger partial charge in [0.25, 0.3) is 0 Å². The van der Waals surface area contributed by atoms with E-state index in [1.54, 1.807) is 0 Å². The van der Waals surface area contributed by atoms with E-state index in [1.807, 2.05) is 0 Å². The zero-order chi connectivity index (χ0) is 40.8. The highest BCUT2D eigenvalue weighted by molar-refractivity contribution is 5.71. The highest BCUT2D eigenvalue weighted by Crippen LogP contribution is 2.14. The summed E-state index contributed by atoms with van der Waals surface area (Å²) in [6, 6.07) is 0. The molecule has 0 aliphatic rings. The first-order valence-corrected chi connectivity index (χ1v) is 24.0. The number of ether oxygens (including phenoxy) is 3. The van der Waals surface area contributed by atoms with Crippen molar-refractivity contribution in [3.05, 3.63) is 36.5 Å². The van der Waals surface area contributed by atoms with E-state index in [0.717, 1.165) is 96.3 Å². The number of carbonyl (C=O) groups is 3. The van der Waals surface area contributed by atoms with Gasteiger partial charge in [0.2, 0.25) is 0 Å². The van der Waals surface area contributed by atoms with Gasteiger partial charge in [0.15, 0.2) is 6.10 Å². The number of rotatable bonds is 43. The Kier molecular flexibility index (Phi) is 43.4. The van der Waals surface area contributed by atoms with Gasteiger partial charge >= 0.3 is 17.9 Å². The number of hydrogen-bond donors (Lipinski definition) is 0. The van der Waals surface area contributed by atoms with Crippen molar-refractivity contribution in [1.29, 1.82) is 0 Å². The van der Waals surface area contributed by atoms with Crippen LogP contribution >= 0.6 is 0 Å². The molecule has 0 spiro atoms. The van der Waals surface area contributed by atoms with Crippen molar-refractivity contribution < 1.29 is 28.6 Å². The number of unbranched alkanes of at least 4 members (excludes halogenated alkanes) is 26. The van der Waals surface area contributed by atoms with Crippen LogP contribution in [0.2, 0.25) is 0 Å². The first-order chi connectivity index (χ1) is 27.5. The maximum Gasteiger partial charge on any atom is 0.306 e. The molecule has 0 N–H and O–H groups in total. The minimum absolute atomic E-state index is 0.0784. The first kappa shape index (κ1) is 53.6. The Balaban J connectivity index is 4.37. The first-order valence-electron chi connectivity index (χ1n) is 24.0. The fourth-order valence-corrected chi connectivity index (χ4v) is 6.71. The molecule has 0 aromatic rings. The van der Waals surface area contributed by atoms with Crippen molar-refractivity contribution in [3.8, 4) is 0 Å². The maximum atomic E-state index is 12.7. The molecule has 0 aromatic carbocycles. The van der Waals surface area contributed by atoms with Gasteiger partial charge in [-0.3, -0.25) is 14.4 Å². The Morgan fingerprint density at radius 3 is 1.07 bits per heavy atom. The minimum atomic E-state index is -0.777. The summed E-state index contributed by atoms with van der Waals surface area (Å²) in [5.74, 6) is -0.899. The van der Waals surface area contributed by atoms with Crippen molar-refractivity contribution in [2.24, 2.45) is 0 Å². The van der Waals surface area contributed by atoms with Gasteiger partial charge < -0.3 is 14.2 Å². The average Bonchev–Trinajstić information content (AvgIpc) is 3.19. The van der Waals surface area contributed by atoms with Crippen LogP contribution in [-0.2, 0) is 28.6 Å². The fourth-order valence-electron chi connectivity index (χ4n) is 6.71. The second kappa shape index (κ2) is 45.3. The minimum Gasteiger partial charge on any atom is -0.462 e. The number of esters is 3. The molecular weight excluding hydrogens is 697 g/mol. The van der Waals surface area contributed by atoms with Crippen LogP contribution in [0.4, 0.5) is 0 Å². The van der Waals surface area contributed by atoms with E-state index in [9.17, 15) is 14.4 Å². The van der Waals surface area contributed by atoms with E-state index in [2.05, 4.69) is 57.2 Å². The van der Waals surface area contributed by atoms with Gasteiger partial charge in [-0.2, -0.15) is 0 Å². The monoisotopic (exact) mass is 787 g/mol.